The molecule has 17 nitrogen and oxygen atoms in total. The predicted molar refractivity (Wildman–Crippen MR) is 157 cm³/mol. The van der Waals surface area contributed by atoms with E-state index in [0.29, 0.717) is 29.7 Å². The van der Waals surface area contributed by atoms with Crippen molar-refractivity contribution < 1.29 is 50.3 Å². The van der Waals surface area contributed by atoms with Gasteiger partial charge >= 0.3 is 0 Å². The molecule has 3 saturated heterocycles. The number of fused-ring (bicyclic) bond motifs is 3. The van der Waals surface area contributed by atoms with Crippen molar-refractivity contribution in [2.75, 3.05) is 25.3 Å². The highest BCUT2D eigenvalue weighted by molar-refractivity contribution is 7.79. The quantitative estimate of drug-likeness (QED) is 0.229. The molecule has 4 aliphatic heterocycles. The van der Waals surface area contributed by atoms with E-state index in [2.05, 4.69) is 25.4 Å². The molecule has 2 N–H and O–H groups in total. The Balaban J connectivity index is 1.08. The van der Waals surface area contributed by atoms with Gasteiger partial charge in [-0.2, -0.15) is 0 Å². The average molecular weight is 691 g/mol. The number of ether oxygens (including phenoxy) is 2. The van der Waals surface area contributed by atoms with Crippen LogP contribution in [0.15, 0.2) is 35.9 Å². The van der Waals surface area contributed by atoms with Crippen molar-refractivity contribution in [3.05, 3.63) is 47.0 Å². The van der Waals surface area contributed by atoms with Crippen molar-refractivity contribution in [1.82, 2.24) is 29.1 Å². The van der Waals surface area contributed by atoms with E-state index in [1.54, 1.807) is 12.3 Å². The Kier molecular flexibility index (Phi) is 7.70. The summed E-state index contributed by atoms with van der Waals surface area (Å²) < 4.78 is 94.9. The molecule has 10 atom stereocenters. The van der Waals surface area contributed by atoms with Gasteiger partial charge < -0.3 is 37.1 Å². The molecule has 0 saturated carbocycles. The maximum atomic E-state index is 16.3. The van der Waals surface area contributed by atoms with Crippen LogP contribution in [0.25, 0.3) is 22.2 Å². The van der Waals surface area contributed by atoms with Crippen LogP contribution in [0, 0.1) is 0 Å². The summed E-state index contributed by atoms with van der Waals surface area (Å²) in [5.41, 5.74) is 3.92. The van der Waals surface area contributed by atoms with Crippen LogP contribution in [0.1, 0.15) is 18.0 Å². The van der Waals surface area contributed by atoms with Gasteiger partial charge in [0.15, 0.2) is 36.0 Å². The number of nitrogens with one attached hydrogen (secondary N) is 2. The molecule has 4 radical (unpaired) electrons. The van der Waals surface area contributed by atoms with Crippen LogP contribution < -0.4 is 11.0 Å². The molecule has 0 bridgehead atoms. The van der Waals surface area contributed by atoms with Crippen LogP contribution in [0.4, 0.5) is 14.5 Å². The maximum absolute atomic E-state index is 16.3. The van der Waals surface area contributed by atoms with Gasteiger partial charge in [-0.25, -0.2) is 23.7 Å². The molecule has 4 aromatic heterocycles. The highest BCUT2D eigenvalue weighted by Gasteiger charge is 2.53. The van der Waals surface area contributed by atoms with E-state index >= 15 is 8.78 Å². The van der Waals surface area contributed by atoms with Gasteiger partial charge in [0, 0.05) is 24.2 Å². The summed E-state index contributed by atoms with van der Waals surface area (Å²) in [6, 6.07) is 1.70. The van der Waals surface area contributed by atoms with Crippen LogP contribution in [0.3, 0.4) is 0 Å². The van der Waals surface area contributed by atoms with Crippen LogP contribution in [0.2, 0.25) is 0 Å². The normalized spacial score (nSPS) is 37.8. The number of hydrogen-bond acceptors (Lipinski definition) is 14. The van der Waals surface area contributed by atoms with Gasteiger partial charge in [-0.3, -0.25) is 28.8 Å². The molecule has 4 aliphatic rings. The van der Waals surface area contributed by atoms with E-state index in [-0.39, 0.29) is 11.2 Å². The lowest BCUT2D eigenvalue weighted by Gasteiger charge is -2.29. The van der Waals surface area contributed by atoms with Gasteiger partial charge in [-0.1, -0.05) is 0 Å². The minimum absolute atomic E-state index is 0.0241. The van der Waals surface area contributed by atoms with Crippen molar-refractivity contribution in [3.8, 4) is 0 Å². The average Bonchev–Trinajstić information content (AvgIpc) is 3.73. The fourth-order valence-electron chi connectivity index (χ4n) is 6.18. The smallest absolute Gasteiger partial charge is 0.278 e. The van der Waals surface area contributed by atoms with Crippen molar-refractivity contribution in [1.29, 1.82) is 0 Å². The summed E-state index contributed by atoms with van der Waals surface area (Å²) >= 11 is 0. The lowest BCUT2D eigenvalue weighted by molar-refractivity contribution is -0.0547. The van der Waals surface area contributed by atoms with Gasteiger partial charge in [-0.05, 0) is 11.6 Å². The Labute approximate surface area is 265 Å². The Morgan fingerprint density at radius 1 is 0.915 bits per heavy atom. The van der Waals surface area contributed by atoms with Gasteiger partial charge in [0.1, 0.15) is 30.1 Å². The number of rotatable bonds is 2. The van der Waals surface area contributed by atoms with Crippen LogP contribution in [-0.4, -0.2) is 101 Å². The zero-order valence-electron chi connectivity index (χ0n) is 24.0. The molecule has 4 aromatic rings. The number of aromatic nitrogens is 6. The number of halogens is 2. The Morgan fingerprint density at radius 3 is 2.26 bits per heavy atom. The van der Waals surface area contributed by atoms with Gasteiger partial charge in [0.05, 0.1) is 38.2 Å². The molecular weight excluding hydrogens is 668 g/mol. The highest BCUT2D eigenvalue weighted by atomic mass is 31.2. The summed E-state index contributed by atoms with van der Waals surface area (Å²) in [6.45, 7) is -1.10. The maximum Gasteiger partial charge on any atom is 0.278 e. The molecule has 0 aliphatic carbocycles. The second kappa shape index (κ2) is 11.6. The predicted octanol–water partition coefficient (Wildman–Crippen LogP) is 1.91. The van der Waals surface area contributed by atoms with E-state index in [1.807, 2.05) is 0 Å². The third-order valence-corrected chi connectivity index (χ3v) is 10.4. The highest BCUT2D eigenvalue weighted by Crippen LogP contribution is 2.54. The third kappa shape index (κ3) is 5.47. The number of hydrogen-bond donors (Lipinski definition) is 2. The van der Waals surface area contributed by atoms with Crippen LogP contribution in [-0.2, 0) is 48.0 Å². The molecule has 8 heterocycles. The molecule has 23 heteroatoms. The SMILES string of the molecule is [B]P1(=O)OC[C@H]2O[C@@H](n3cnc4c(=O)[nH]cnc43)C(F)[C@H]2OP([B])(=O)OC[C@H]2O[C@@H](n3cc4c5c(ccnc53)NOCC4)[C@@H](F)C2O1. The zero-order chi connectivity index (χ0) is 32.7. The number of imidazole rings is 1. The molecule has 0 aromatic carbocycles. The molecule has 4 unspecified atom stereocenters. The summed E-state index contributed by atoms with van der Waals surface area (Å²) in [5.74, 6) is 0. The zero-order valence-corrected chi connectivity index (χ0v) is 25.7. The third-order valence-electron chi connectivity index (χ3n) is 8.27. The molecule has 0 spiro atoms. The number of aromatic amines is 1. The summed E-state index contributed by atoms with van der Waals surface area (Å²) in [4.78, 5) is 32.2. The first-order valence-corrected chi connectivity index (χ1v) is 17.5. The molecule has 47 heavy (non-hydrogen) atoms. The second-order valence-corrected chi connectivity index (χ2v) is 14.3. The lowest BCUT2D eigenvalue weighted by atomic mass is 10.1. The van der Waals surface area contributed by atoms with Crippen molar-refractivity contribution in [3.63, 3.8) is 0 Å². The topological polar surface area (TPSA) is 192 Å². The molecule has 8 rings (SSSR count). The van der Waals surface area contributed by atoms with Crippen LogP contribution in [0.5, 0.6) is 0 Å². The summed E-state index contributed by atoms with van der Waals surface area (Å²) in [6.07, 6.45) is -7.43. The minimum Gasteiger partial charge on any atom is -0.346 e. The molecule has 3 fully saturated rings. The van der Waals surface area contributed by atoms with Crippen molar-refractivity contribution in [2.45, 2.75) is 55.6 Å². The summed E-state index contributed by atoms with van der Waals surface area (Å²) in [5, 5.41) is 0.688. The molecule has 0 amide bonds. The summed E-state index contributed by atoms with van der Waals surface area (Å²) in [7, 11) is 2.54. The van der Waals surface area contributed by atoms with E-state index in [0.717, 1.165) is 22.8 Å². The van der Waals surface area contributed by atoms with Crippen molar-refractivity contribution >= 4 is 58.0 Å². The molecule has 244 valence electrons. The fraction of sp³-hybridized carbons (Fsp3) is 0.500. The van der Waals surface area contributed by atoms with Crippen molar-refractivity contribution in [2.24, 2.45) is 0 Å². The number of H-pyrrole nitrogens is 1. The Bertz CT molecular complexity index is 2020. The minimum atomic E-state index is -4.61. The van der Waals surface area contributed by atoms with E-state index in [9.17, 15) is 13.9 Å². The number of nitrogens with zero attached hydrogens (tertiary/aromatic N) is 5. The number of pyridine rings is 1. The standard InChI is InChI=1S/C24H23B2F2N7O10P2/c25-46(37)41-7-13-19(16(28)24(43-13)35-9-32-17-21(35)30-8-31-22(17)36)45-47(26,38)40-6-12-18(44-46)15(27)23(42-12)34-5-10-2-4-39-33-11-1-3-29-20(34)14(10)11/h1,3,5,8-9,12-13,15-16,18-19,23-24,33H,2,4,6-7H2,(H,30,31,36)/t12-,13-,15+,16?,18?,19+,23-,24-,46?,47?/m1/s1. The van der Waals surface area contributed by atoms with Gasteiger partial charge in [-0.15, -0.1) is 0 Å². The Morgan fingerprint density at radius 2 is 1.57 bits per heavy atom. The van der Waals surface area contributed by atoms with Gasteiger partial charge in [0.25, 0.3) is 20.5 Å². The fourth-order valence-corrected chi connectivity index (χ4v) is 8.19. The largest absolute Gasteiger partial charge is 0.346 e. The first-order chi connectivity index (χ1) is 22.5. The first kappa shape index (κ1) is 31.3. The number of anilines is 1. The van der Waals surface area contributed by atoms with E-state index in [1.165, 1.54) is 10.8 Å². The number of alkyl halides is 2. The van der Waals surface area contributed by atoms with E-state index in [4.69, 9.17) is 47.5 Å². The van der Waals surface area contributed by atoms with E-state index < -0.39 is 82.9 Å². The second-order valence-electron chi connectivity index (χ2n) is 11.2. The first-order valence-electron chi connectivity index (χ1n) is 14.3. The van der Waals surface area contributed by atoms with Gasteiger partial charge in [0.2, 0.25) is 15.1 Å². The lowest BCUT2D eigenvalue weighted by Crippen LogP contribution is -2.37. The molecular formula is C24H23B2F2N7O10P2. The monoisotopic (exact) mass is 691 g/mol. The van der Waals surface area contributed by atoms with Crippen LogP contribution >= 0.6 is 14.9 Å². The Hall–Kier alpha value is -2.99.